The number of carbonyl (C=O) groups excluding carboxylic acids is 1. The maximum atomic E-state index is 12.7. The lowest BCUT2D eigenvalue weighted by Crippen LogP contribution is -2.39. The second kappa shape index (κ2) is 8.20. The van der Waals surface area contributed by atoms with Crippen LogP contribution in [0.1, 0.15) is 74.0 Å². The zero-order valence-electron chi connectivity index (χ0n) is 15.6. The predicted octanol–water partition coefficient (Wildman–Crippen LogP) is 2.59. The molecule has 1 aliphatic heterocycles. The Morgan fingerprint density at radius 2 is 2.04 bits per heavy atom. The van der Waals surface area contributed by atoms with E-state index in [9.17, 15) is 14.7 Å². The smallest absolute Gasteiger partial charge is 0.308 e. The number of hydrogen-bond donors (Lipinski definition) is 2. The van der Waals surface area contributed by atoms with Crippen LogP contribution in [-0.4, -0.2) is 46.5 Å². The molecular formula is C19H29N3O4. The van der Waals surface area contributed by atoms with Gasteiger partial charge in [-0.25, -0.2) is 0 Å². The Labute approximate surface area is 154 Å². The Balaban J connectivity index is 1.69. The molecule has 1 aliphatic carbocycles. The number of nitrogens with one attached hydrogen (secondary N) is 1. The van der Waals surface area contributed by atoms with Gasteiger partial charge in [-0.2, -0.15) is 5.10 Å². The van der Waals surface area contributed by atoms with Crippen molar-refractivity contribution in [1.29, 1.82) is 0 Å². The van der Waals surface area contributed by atoms with Crippen molar-refractivity contribution in [1.82, 2.24) is 15.1 Å². The average Bonchev–Trinajstić information content (AvgIpc) is 3.39. The third-order valence-electron chi connectivity index (χ3n) is 5.69. The SMILES string of the molecule is CCC(C)n1ncc(C(=O)NCC(C(=O)O)C2CCOCC2)c1C1CC1. The van der Waals surface area contributed by atoms with Crippen LogP contribution in [0.15, 0.2) is 6.20 Å². The molecule has 2 N–H and O–H groups in total. The highest BCUT2D eigenvalue weighted by atomic mass is 16.5. The van der Waals surface area contributed by atoms with Gasteiger partial charge in [-0.15, -0.1) is 0 Å². The summed E-state index contributed by atoms with van der Waals surface area (Å²) in [5.74, 6) is -1.18. The topological polar surface area (TPSA) is 93.5 Å². The number of carboxylic acid groups (broad SMARTS) is 1. The van der Waals surface area contributed by atoms with Crippen LogP contribution in [0.5, 0.6) is 0 Å². The number of aliphatic carboxylic acids is 1. The molecule has 1 aromatic rings. The quantitative estimate of drug-likeness (QED) is 0.740. The summed E-state index contributed by atoms with van der Waals surface area (Å²) >= 11 is 0. The van der Waals surface area contributed by atoms with Crippen molar-refractivity contribution in [2.75, 3.05) is 19.8 Å². The lowest BCUT2D eigenvalue weighted by Gasteiger charge is -2.27. The lowest BCUT2D eigenvalue weighted by atomic mass is 9.86. The zero-order chi connectivity index (χ0) is 18.7. The van der Waals surface area contributed by atoms with E-state index in [2.05, 4.69) is 24.3 Å². The van der Waals surface area contributed by atoms with Gasteiger partial charge in [0.25, 0.3) is 5.91 Å². The monoisotopic (exact) mass is 363 g/mol. The summed E-state index contributed by atoms with van der Waals surface area (Å²) in [6.07, 6.45) is 6.22. The van der Waals surface area contributed by atoms with Gasteiger partial charge >= 0.3 is 5.97 Å². The Morgan fingerprint density at radius 3 is 2.62 bits per heavy atom. The highest BCUT2D eigenvalue weighted by Gasteiger charge is 2.34. The Hall–Kier alpha value is -1.89. The first kappa shape index (κ1) is 18.9. The summed E-state index contributed by atoms with van der Waals surface area (Å²) in [5.41, 5.74) is 1.61. The van der Waals surface area contributed by atoms with Crippen molar-refractivity contribution in [3.63, 3.8) is 0 Å². The standard InChI is InChI=1S/C19H29N3O4/c1-3-12(2)22-17(14-4-5-14)16(11-21-22)18(23)20-10-15(19(24)25)13-6-8-26-9-7-13/h11-15H,3-10H2,1-2H3,(H,20,23)(H,24,25). The number of nitrogens with zero attached hydrogens (tertiary/aromatic N) is 2. The van der Waals surface area contributed by atoms with Crippen LogP contribution >= 0.6 is 0 Å². The molecule has 1 amide bonds. The van der Waals surface area contributed by atoms with E-state index in [1.54, 1.807) is 6.20 Å². The van der Waals surface area contributed by atoms with Crippen LogP contribution in [0.4, 0.5) is 0 Å². The molecule has 2 heterocycles. The summed E-state index contributed by atoms with van der Waals surface area (Å²) in [4.78, 5) is 24.4. The van der Waals surface area contributed by atoms with E-state index in [0.717, 1.165) is 37.8 Å². The Morgan fingerprint density at radius 1 is 1.35 bits per heavy atom. The number of amides is 1. The highest BCUT2D eigenvalue weighted by molar-refractivity contribution is 5.95. The van der Waals surface area contributed by atoms with Gasteiger partial charge < -0.3 is 15.2 Å². The fourth-order valence-electron chi connectivity index (χ4n) is 3.71. The first-order chi connectivity index (χ1) is 12.5. The van der Waals surface area contributed by atoms with Crippen LogP contribution < -0.4 is 5.32 Å². The Bertz CT molecular complexity index is 647. The zero-order valence-corrected chi connectivity index (χ0v) is 15.6. The molecule has 2 aliphatic rings. The molecule has 0 radical (unpaired) electrons. The van der Waals surface area contributed by atoms with Crippen LogP contribution in [0.2, 0.25) is 0 Å². The number of carbonyl (C=O) groups is 2. The molecule has 2 atom stereocenters. The average molecular weight is 363 g/mol. The minimum absolute atomic E-state index is 0.0484. The van der Waals surface area contributed by atoms with E-state index in [4.69, 9.17) is 4.74 Å². The summed E-state index contributed by atoms with van der Waals surface area (Å²) in [5, 5.41) is 16.9. The first-order valence-electron chi connectivity index (χ1n) is 9.69. The molecule has 1 saturated heterocycles. The van der Waals surface area contributed by atoms with Gasteiger partial charge in [0.15, 0.2) is 0 Å². The molecule has 26 heavy (non-hydrogen) atoms. The van der Waals surface area contributed by atoms with Gasteiger partial charge in [-0.3, -0.25) is 14.3 Å². The van der Waals surface area contributed by atoms with Crippen LogP contribution in [-0.2, 0) is 9.53 Å². The molecule has 3 rings (SSSR count). The second-order valence-corrected chi connectivity index (χ2v) is 7.52. The molecule has 7 heteroatoms. The largest absolute Gasteiger partial charge is 0.481 e. The molecule has 7 nitrogen and oxygen atoms in total. The van der Waals surface area contributed by atoms with Crippen molar-refractivity contribution in [2.45, 2.75) is 57.9 Å². The van der Waals surface area contributed by atoms with Crippen molar-refractivity contribution < 1.29 is 19.4 Å². The minimum atomic E-state index is -0.852. The number of rotatable bonds is 8. The van der Waals surface area contributed by atoms with E-state index in [1.807, 2.05) is 4.68 Å². The van der Waals surface area contributed by atoms with Gasteiger partial charge in [0.2, 0.25) is 0 Å². The van der Waals surface area contributed by atoms with E-state index in [-0.39, 0.29) is 24.4 Å². The van der Waals surface area contributed by atoms with Gasteiger partial charge in [-0.05, 0) is 44.9 Å². The maximum Gasteiger partial charge on any atom is 0.308 e. The molecule has 0 spiro atoms. The predicted molar refractivity (Wildman–Crippen MR) is 96.2 cm³/mol. The van der Waals surface area contributed by atoms with Crippen LogP contribution in [0.25, 0.3) is 0 Å². The van der Waals surface area contributed by atoms with Crippen LogP contribution in [0.3, 0.4) is 0 Å². The fraction of sp³-hybridized carbons (Fsp3) is 0.737. The van der Waals surface area contributed by atoms with Gasteiger partial charge in [0.1, 0.15) is 0 Å². The molecule has 1 saturated carbocycles. The Kier molecular flexibility index (Phi) is 5.96. The summed E-state index contributed by atoms with van der Waals surface area (Å²) in [7, 11) is 0. The molecule has 144 valence electrons. The third-order valence-corrected chi connectivity index (χ3v) is 5.69. The summed E-state index contributed by atoms with van der Waals surface area (Å²) < 4.78 is 7.29. The number of aromatic nitrogens is 2. The molecule has 1 aromatic heterocycles. The van der Waals surface area contributed by atoms with Crippen molar-refractivity contribution in [2.24, 2.45) is 11.8 Å². The maximum absolute atomic E-state index is 12.7. The van der Waals surface area contributed by atoms with Crippen molar-refractivity contribution in [3.8, 4) is 0 Å². The summed E-state index contributed by atoms with van der Waals surface area (Å²) in [6.45, 7) is 5.55. The van der Waals surface area contributed by atoms with Gasteiger partial charge in [-0.1, -0.05) is 6.92 Å². The number of carboxylic acids is 1. The fourth-order valence-corrected chi connectivity index (χ4v) is 3.71. The number of hydrogen-bond acceptors (Lipinski definition) is 4. The normalized spacial score (nSPS) is 20.5. The van der Waals surface area contributed by atoms with Gasteiger partial charge in [0, 0.05) is 31.7 Å². The second-order valence-electron chi connectivity index (χ2n) is 7.52. The minimum Gasteiger partial charge on any atom is -0.481 e. The van der Waals surface area contributed by atoms with E-state index in [1.165, 1.54) is 0 Å². The van der Waals surface area contributed by atoms with Crippen molar-refractivity contribution in [3.05, 3.63) is 17.5 Å². The molecule has 2 fully saturated rings. The third kappa shape index (κ3) is 4.09. The highest BCUT2D eigenvalue weighted by Crippen LogP contribution is 2.42. The summed E-state index contributed by atoms with van der Waals surface area (Å²) in [6, 6.07) is 0.251. The molecule has 0 bridgehead atoms. The first-order valence-corrected chi connectivity index (χ1v) is 9.69. The molecule has 2 unspecified atom stereocenters. The molecular weight excluding hydrogens is 334 g/mol. The van der Waals surface area contributed by atoms with Gasteiger partial charge in [0.05, 0.1) is 23.4 Å². The van der Waals surface area contributed by atoms with E-state index < -0.39 is 11.9 Å². The van der Waals surface area contributed by atoms with E-state index in [0.29, 0.717) is 24.7 Å². The molecule has 0 aromatic carbocycles. The van der Waals surface area contributed by atoms with E-state index >= 15 is 0 Å². The lowest BCUT2D eigenvalue weighted by molar-refractivity contribution is -0.144. The van der Waals surface area contributed by atoms with Crippen LogP contribution in [0, 0.1) is 11.8 Å². The number of ether oxygens (including phenoxy) is 1. The van der Waals surface area contributed by atoms with Crippen molar-refractivity contribution >= 4 is 11.9 Å².